The van der Waals surface area contributed by atoms with E-state index in [0.29, 0.717) is 6.42 Å². The molecule has 1 saturated heterocycles. The van der Waals surface area contributed by atoms with Gasteiger partial charge in [-0.25, -0.2) is 0 Å². The molecular formula is C14H19NO2. The minimum Gasteiger partial charge on any atom is -0.480 e. The Morgan fingerprint density at radius 3 is 2.71 bits per heavy atom. The molecule has 17 heavy (non-hydrogen) atoms. The number of carboxylic acid groups (broad SMARTS) is 1. The lowest BCUT2D eigenvalue weighted by Crippen LogP contribution is -2.53. The molecule has 1 fully saturated rings. The van der Waals surface area contributed by atoms with E-state index in [4.69, 9.17) is 0 Å². The van der Waals surface area contributed by atoms with Gasteiger partial charge in [0.05, 0.1) is 0 Å². The molecule has 1 aromatic carbocycles. The van der Waals surface area contributed by atoms with Crippen LogP contribution in [0, 0.1) is 0 Å². The van der Waals surface area contributed by atoms with Crippen molar-refractivity contribution in [3.8, 4) is 0 Å². The molecule has 0 unspecified atom stereocenters. The van der Waals surface area contributed by atoms with E-state index in [1.54, 1.807) is 0 Å². The predicted molar refractivity (Wildman–Crippen MR) is 67.0 cm³/mol. The van der Waals surface area contributed by atoms with Crippen molar-refractivity contribution in [1.82, 2.24) is 5.32 Å². The molecule has 0 aromatic heterocycles. The van der Waals surface area contributed by atoms with Gasteiger partial charge in [0.1, 0.15) is 5.54 Å². The lowest BCUT2D eigenvalue weighted by Gasteiger charge is -2.29. The highest BCUT2D eigenvalue weighted by Crippen LogP contribution is 2.24. The smallest absolute Gasteiger partial charge is 0.324 e. The van der Waals surface area contributed by atoms with Gasteiger partial charge in [0.15, 0.2) is 0 Å². The molecule has 0 amide bonds. The lowest BCUT2D eigenvalue weighted by molar-refractivity contribution is -0.145. The van der Waals surface area contributed by atoms with Gasteiger partial charge >= 0.3 is 5.97 Å². The van der Waals surface area contributed by atoms with Crippen LogP contribution in [-0.4, -0.2) is 23.2 Å². The number of carboxylic acids is 1. The molecule has 2 N–H and O–H groups in total. The van der Waals surface area contributed by atoms with E-state index in [-0.39, 0.29) is 0 Å². The van der Waals surface area contributed by atoms with Crippen LogP contribution in [0.3, 0.4) is 0 Å². The maximum Gasteiger partial charge on any atom is 0.324 e. The molecule has 0 saturated carbocycles. The van der Waals surface area contributed by atoms with Crippen molar-refractivity contribution in [3.05, 3.63) is 35.9 Å². The third-order valence-electron chi connectivity index (χ3n) is 3.50. The number of rotatable bonds is 3. The number of aliphatic carboxylic acids is 1. The fourth-order valence-corrected chi connectivity index (χ4v) is 2.50. The second kappa shape index (κ2) is 5.32. The minimum atomic E-state index is -0.766. The number of benzene rings is 1. The normalized spacial score (nSPS) is 25.2. The Morgan fingerprint density at radius 1 is 1.24 bits per heavy atom. The molecule has 3 nitrogen and oxygen atoms in total. The predicted octanol–water partition coefficient (Wildman–Crippen LogP) is 2.22. The standard InChI is InChI=1S/C14H19NO2/c16-13(17)14(9-5-2-6-10-15-14)11-12-7-3-1-4-8-12/h1,3-4,7-8,15H,2,5-6,9-11H2,(H,16,17)/t14-/m0/s1. The summed E-state index contributed by atoms with van der Waals surface area (Å²) >= 11 is 0. The Hall–Kier alpha value is -1.35. The van der Waals surface area contributed by atoms with Crippen LogP contribution in [0.5, 0.6) is 0 Å². The molecule has 0 radical (unpaired) electrons. The van der Waals surface area contributed by atoms with Crippen LogP contribution in [0.15, 0.2) is 30.3 Å². The minimum absolute atomic E-state index is 0.573. The summed E-state index contributed by atoms with van der Waals surface area (Å²) in [5.41, 5.74) is 0.321. The first-order valence-electron chi connectivity index (χ1n) is 6.25. The maximum atomic E-state index is 11.6. The summed E-state index contributed by atoms with van der Waals surface area (Å²) < 4.78 is 0. The van der Waals surface area contributed by atoms with Crippen LogP contribution in [0.25, 0.3) is 0 Å². The largest absolute Gasteiger partial charge is 0.480 e. The zero-order valence-corrected chi connectivity index (χ0v) is 9.98. The lowest BCUT2D eigenvalue weighted by atomic mass is 9.86. The molecule has 1 aliphatic heterocycles. The van der Waals surface area contributed by atoms with Crippen LogP contribution in [0.4, 0.5) is 0 Å². The topological polar surface area (TPSA) is 49.3 Å². The van der Waals surface area contributed by atoms with E-state index in [9.17, 15) is 9.90 Å². The van der Waals surface area contributed by atoms with Crippen LogP contribution in [0.1, 0.15) is 31.2 Å². The third-order valence-corrected chi connectivity index (χ3v) is 3.50. The Labute approximate surface area is 102 Å². The summed E-state index contributed by atoms with van der Waals surface area (Å²) in [5, 5.41) is 12.8. The first kappa shape index (κ1) is 12.1. The number of carbonyl (C=O) groups is 1. The molecule has 92 valence electrons. The fourth-order valence-electron chi connectivity index (χ4n) is 2.50. The van der Waals surface area contributed by atoms with Gasteiger partial charge in [-0.15, -0.1) is 0 Å². The van der Waals surface area contributed by atoms with Gasteiger partial charge < -0.3 is 10.4 Å². The first-order chi connectivity index (χ1) is 8.23. The van der Waals surface area contributed by atoms with Crippen molar-refractivity contribution in [2.24, 2.45) is 0 Å². The molecule has 0 bridgehead atoms. The van der Waals surface area contributed by atoms with Crippen LogP contribution >= 0.6 is 0 Å². The van der Waals surface area contributed by atoms with Crippen molar-refractivity contribution < 1.29 is 9.90 Å². The number of hydrogen-bond donors (Lipinski definition) is 2. The van der Waals surface area contributed by atoms with Crippen LogP contribution in [-0.2, 0) is 11.2 Å². The SMILES string of the molecule is O=C(O)[C@@]1(Cc2ccccc2)CCCCCN1. The molecule has 2 rings (SSSR count). The van der Waals surface area contributed by atoms with Gasteiger partial charge in [-0.1, -0.05) is 43.2 Å². The second-order valence-electron chi connectivity index (χ2n) is 4.79. The van der Waals surface area contributed by atoms with Crippen molar-refractivity contribution in [3.63, 3.8) is 0 Å². The third kappa shape index (κ3) is 2.86. The van der Waals surface area contributed by atoms with E-state index in [1.165, 1.54) is 0 Å². The number of hydrogen-bond acceptors (Lipinski definition) is 2. The van der Waals surface area contributed by atoms with E-state index < -0.39 is 11.5 Å². The summed E-state index contributed by atoms with van der Waals surface area (Å²) in [6.45, 7) is 0.805. The maximum absolute atomic E-state index is 11.6. The zero-order chi connectivity index (χ0) is 12.1. The molecular weight excluding hydrogens is 214 g/mol. The summed E-state index contributed by atoms with van der Waals surface area (Å²) in [4.78, 5) is 11.6. The summed E-state index contributed by atoms with van der Waals surface area (Å²) in [6, 6.07) is 9.87. The molecule has 0 aliphatic carbocycles. The van der Waals surface area contributed by atoms with Crippen molar-refractivity contribution >= 4 is 5.97 Å². The summed E-state index contributed by atoms with van der Waals surface area (Å²) in [7, 11) is 0. The van der Waals surface area contributed by atoms with Crippen molar-refractivity contribution in [2.75, 3.05) is 6.54 Å². The van der Waals surface area contributed by atoms with Gasteiger partial charge in [0, 0.05) is 6.42 Å². The summed E-state index contributed by atoms with van der Waals surface area (Å²) in [5.74, 6) is -0.719. The average molecular weight is 233 g/mol. The molecule has 1 aliphatic rings. The van der Waals surface area contributed by atoms with Crippen LogP contribution < -0.4 is 5.32 Å². The Kier molecular flexibility index (Phi) is 3.79. The monoisotopic (exact) mass is 233 g/mol. The van der Waals surface area contributed by atoms with Gasteiger partial charge in [-0.3, -0.25) is 4.79 Å². The molecule has 0 spiro atoms. The summed E-state index contributed by atoms with van der Waals surface area (Å²) in [6.07, 6.45) is 4.48. The van der Waals surface area contributed by atoms with Crippen molar-refractivity contribution in [1.29, 1.82) is 0 Å². The first-order valence-corrected chi connectivity index (χ1v) is 6.25. The van der Waals surface area contributed by atoms with E-state index >= 15 is 0 Å². The quantitative estimate of drug-likeness (QED) is 0.841. The average Bonchev–Trinajstić information content (AvgIpc) is 2.57. The highest BCUT2D eigenvalue weighted by molar-refractivity contribution is 5.79. The second-order valence-corrected chi connectivity index (χ2v) is 4.79. The van der Waals surface area contributed by atoms with E-state index in [2.05, 4.69) is 5.32 Å². The Morgan fingerprint density at radius 2 is 2.00 bits per heavy atom. The Balaban J connectivity index is 2.19. The van der Waals surface area contributed by atoms with Gasteiger partial charge in [-0.2, -0.15) is 0 Å². The van der Waals surface area contributed by atoms with Gasteiger partial charge in [0.25, 0.3) is 0 Å². The highest BCUT2D eigenvalue weighted by Gasteiger charge is 2.38. The molecule has 1 heterocycles. The van der Waals surface area contributed by atoms with E-state index in [1.807, 2.05) is 30.3 Å². The van der Waals surface area contributed by atoms with Crippen molar-refractivity contribution in [2.45, 2.75) is 37.6 Å². The van der Waals surface area contributed by atoms with E-state index in [0.717, 1.165) is 37.8 Å². The zero-order valence-electron chi connectivity index (χ0n) is 9.98. The highest BCUT2D eigenvalue weighted by atomic mass is 16.4. The molecule has 1 atom stereocenters. The molecule has 3 heteroatoms. The van der Waals surface area contributed by atoms with Gasteiger partial charge in [-0.05, 0) is 24.9 Å². The Bertz CT molecular complexity index is 367. The van der Waals surface area contributed by atoms with Crippen LogP contribution in [0.2, 0.25) is 0 Å². The number of nitrogens with one attached hydrogen (secondary N) is 1. The van der Waals surface area contributed by atoms with Gasteiger partial charge in [0.2, 0.25) is 0 Å². The fraction of sp³-hybridized carbons (Fsp3) is 0.500. The molecule has 1 aromatic rings.